The second-order valence-electron chi connectivity index (χ2n) is 4.67. The second kappa shape index (κ2) is 4.47. The standard InChI is InChI=1S/C13H17N3O/c17-13(12-3-1-2-5-15-12)10-8-16-11-4-6-14-7-9(10)11/h4,6-8,12-13,15-17H,1-3,5H2. The number of nitrogens with zero attached hydrogens (tertiary/aromatic N) is 1. The summed E-state index contributed by atoms with van der Waals surface area (Å²) < 4.78 is 0. The third-order valence-corrected chi connectivity index (χ3v) is 3.56. The molecule has 17 heavy (non-hydrogen) atoms. The Hall–Kier alpha value is -1.39. The van der Waals surface area contributed by atoms with Crippen molar-refractivity contribution in [1.82, 2.24) is 15.3 Å². The summed E-state index contributed by atoms with van der Waals surface area (Å²) in [5.74, 6) is 0. The molecular formula is C13H17N3O. The van der Waals surface area contributed by atoms with E-state index in [1.807, 2.05) is 18.5 Å². The largest absolute Gasteiger partial charge is 0.387 e. The zero-order valence-electron chi connectivity index (χ0n) is 9.69. The lowest BCUT2D eigenvalue weighted by Gasteiger charge is -2.27. The molecule has 3 heterocycles. The molecule has 0 radical (unpaired) electrons. The molecule has 4 heteroatoms. The summed E-state index contributed by atoms with van der Waals surface area (Å²) in [4.78, 5) is 7.30. The highest BCUT2D eigenvalue weighted by Crippen LogP contribution is 2.28. The molecule has 0 amide bonds. The normalized spacial score (nSPS) is 22.8. The SMILES string of the molecule is OC(c1c[nH]c2ccncc12)C1CCCCN1. The van der Waals surface area contributed by atoms with Crippen LogP contribution in [0.2, 0.25) is 0 Å². The smallest absolute Gasteiger partial charge is 0.0964 e. The summed E-state index contributed by atoms with van der Waals surface area (Å²) in [7, 11) is 0. The van der Waals surface area contributed by atoms with Crippen molar-refractivity contribution < 1.29 is 5.11 Å². The lowest BCUT2D eigenvalue weighted by atomic mass is 9.95. The van der Waals surface area contributed by atoms with Crippen LogP contribution >= 0.6 is 0 Å². The number of aliphatic hydroxyl groups excluding tert-OH is 1. The van der Waals surface area contributed by atoms with Gasteiger partial charge in [0, 0.05) is 41.1 Å². The van der Waals surface area contributed by atoms with Gasteiger partial charge in [-0.05, 0) is 25.5 Å². The number of piperidine rings is 1. The molecule has 3 N–H and O–H groups in total. The minimum atomic E-state index is -0.451. The van der Waals surface area contributed by atoms with E-state index in [0.29, 0.717) is 0 Å². The summed E-state index contributed by atoms with van der Waals surface area (Å²) in [5, 5.41) is 14.8. The van der Waals surface area contributed by atoms with Gasteiger partial charge in [0.05, 0.1) is 6.10 Å². The number of aliphatic hydroxyl groups is 1. The van der Waals surface area contributed by atoms with Crippen molar-refractivity contribution >= 4 is 10.9 Å². The Balaban J connectivity index is 1.92. The molecule has 0 saturated carbocycles. The van der Waals surface area contributed by atoms with Gasteiger partial charge in [0.25, 0.3) is 0 Å². The van der Waals surface area contributed by atoms with Crippen LogP contribution in [-0.4, -0.2) is 27.7 Å². The molecule has 4 nitrogen and oxygen atoms in total. The molecule has 1 aliphatic rings. The lowest BCUT2D eigenvalue weighted by Crippen LogP contribution is -2.38. The first kappa shape index (κ1) is 10.7. The van der Waals surface area contributed by atoms with Gasteiger partial charge < -0.3 is 15.4 Å². The molecule has 0 spiro atoms. The van der Waals surface area contributed by atoms with Crippen LogP contribution < -0.4 is 5.32 Å². The molecule has 90 valence electrons. The molecule has 0 bridgehead atoms. The van der Waals surface area contributed by atoms with Crippen LogP contribution in [0.4, 0.5) is 0 Å². The van der Waals surface area contributed by atoms with E-state index in [4.69, 9.17) is 0 Å². The van der Waals surface area contributed by atoms with E-state index in [1.54, 1.807) is 6.20 Å². The number of pyridine rings is 1. The number of fused-ring (bicyclic) bond motifs is 1. The van der Waals surface area contributed by atoms with Crippen molar-refractivity contribution in [2.75, 3.05) is 6.54 Å². The summed E-state index contributed by atoms with van der Waals surface area (Å²) in [6.45, 7) is 1.00. The number of aromatic amines is 1. The average molecular weight is 231 g/mol. The molecule has 1 saturated heterocycles. The fourth-order valence-electron chi connectivity index (χ4n) is 2.59. The van der Waals surface area contributed by atoms with E-state index in [2.05, 4.69) is 15.3 Å². The first-order valence-corrected chi connectivity index (χ1v) is 6.19. The predicted octanol–water partition coefficient (Wildman–Crippen LogP) is 1.74. The molecule has 2 aromatic rings. The second-order valence-corrected chi connectivity index (χ2v) is 4.67. The maximum Gasteiger partial charge on any atom is 0.0964 e. The van der Waals surface area contributed by atoms with Crippen LogP contribution in [0.5, 0.6) is 0 Å². The van der Waals surface area contributed by atoms with E-state index < -0.39 is 6.10 Å². The van der Waals surface area contributed by atoms with E-state index in [0.717, 1.165) is 29.4 Å². The highest BCUT2D eigenvalue weighted by atomic mass is 16.3. The molecule has 2 atom stereocenters. The van der Waals surface area contributed by atoms with Gasteiger partial charge in [0.1, 0.15) is 0 Å². The topological polar surface area (TPSA) is 60.9 Å². The van der Waals surface area contributed by atoms with Gasteiger partial charge in [-0.3, -0.25) is 4.98 Å². The minimum Gasteiger partial charge on any atom is -0.387 e. The maximum absolute atomic E-state index is 10.4. The van der Waals surface area contributed by atoms with Gasteiger partial charge >= 0.3 is 0 Å². The van der Waals surface area contributed by atoms with Gasteiger partial charge in [-0.25, -0.2) is 0 Å². The van der Waals surface area contributed by atoms with Crippen molar-refractivity contribution in [3.8, 4) is 0 Å². The highest BCUT2D eigenvalue weighted by Gasteiger charge is 2.24. The van der Waals surface area contributed by atoms with Gasteiger partial charge in [0.15, 0.2) is 0 Å². The fraction of sp³-hybridized carbons (Fsp3) is 0.462. The van der Waals surface area contributed by atoms with Gasteiger partial charge in [-0.1, -0.05) is 6.42 Å². The summed E-state index contributed by atoms with van der Waals surface area (Å²) in [5.41, 5.74) is 1.98. The van der Waals surface area contributed by atoms with Crippen LogP contribution in [0.15, 0.2) is 24.7 Å². The van der Waals surface area contributed by atoms with Gasteiger partial charge in [-0.15, -0.1) is 0 Å². The Kier molecular flexibility index (Phi) is 2.82. The van der Waals surface area contributed by atoms with Crippen LogP contribution in [0.3, 0.4) is 0 Å². The van der Waals surface area contributed by atoms with Crippen molar-refractivity contribution in [2.45, 2.75) is 31.4 Å². The average Bonchev–Trinajstić information content (AvgIpc) is 2.83. The fourth-order valence-corrected chi connectivity index (χ4v) is 2.59. The third-order valence-electron chi connectivity index (χ3n) is 3.56. The number of hydrogen-bond donors (Lipinski definition) is 3. The zero-order valence-corrected chi connectivity index (χ0v) is 9.69. The summed E-state index contributed by atoms with van der Waals surface area (Å²) in [6.07, 6.45) is 8.45. The van der Waals surface area contributed by atoms with Crippen molar-refractivity contribution in [3.05, 3.63) is 30.2 Å². The van der Waals surface area contributed by atoms with Crippen LogP contribution in [0.1, 0.15) is 30.9 Å². The van der Waals surface area contributed by atoms with E-state index in [9.17, 15) is 5.11 Å². The number of aromatic nitrogens is 2. The Morgan fingerprint density at radius 1 is 1.41 bits per heavy atom. The molecular weight excluding hydrogens is 214 g/mol. The Labute approximate surface area is 100 Å². The van der Waals surface area contributed by atoms with E-state index in [-0.39, 0.29) is 6.04 Å². The molecule has 1 fully saturated rings. The number of nitrogens with one attached hydrogen (secondary N) is 2. The predicted molar refractivity (Wildman–Crippen MR) is 66.7 cm³/mol. The van der Waals surface area contributed by atoms with Crippen LogP contribution in [0.25, 0.3) is 10.9 Å². The van der Waals surface area contributed by atoms with Gasteiger partial charge in [0.2, 0.25) is 0 Å². The molecule has 0 aliphatic carbocycles. The molecule has 3 rings (SSSR count). The number of H-pyrrole nitrogens is 1. The lowest BCUT2D eigenvalue weighted by molar-refractivity contribution is 0.115. The van der Waals surface area contributed by atoms with Crippen LogP contribution in [0, 0.1) is 0 Å². The Morgan fingerprint density at radius 2 is 2.35 bits per heavy atom. The van der Waals surface area contributed by atoms with Gasteiger partial charge in [-0.2, -0.15) is 0 Å². The highest BCUT2D eigenvalue weighted by molar-refractivity contribution is 5.82. The molecule has 0 aromatic carbocycles. The Morgan fingerprint density at radius 3 is 3.18 bits per heavy atom. The molecule has 2 unspecified atom stereocenters. The minimum absolute atomic E-state index is 0.169. The first-order chi connectivity index (χ1) is 8.36. The Bertz CT molecular complexity index is 502. The van der Waals surface area contributed by atoms with Crippen molar-refractivity contribution in [1.29, 1.82) is 0 Å². The molecule has 1 aliphatic heterocycles. The summed E-state index contributed by atoms with van der Waals surface area (Å²) >= 11 is 0. The number of hydrogen-bond acceptors (Lipinski definition) is 3. The monoisotopic (exact) mass is 231 g/mol. The van der Waals surface area contributed by atoms with Crippen molar-refractivity contribution in [2.24, 2.45) is 0 Å². The number of rotatable bonds is 2. The first-order valence-electron chi connectivity index (χ1n) is 6.19. The quantitative estimate of drug-likeness (QED) is 0.737. The van der Waals surface area contributed by atoms with Crippen LogP contribution in [-0.2, 0) is 0 Å². The van der Waals surface area contributed by atoms with E-state index in [1.165, 1.54) is 12.8 Å². The molecule has 2 aromatic heterocycles. The van der Waals surface area contributed by atoms with Crippen molar-refractivity contribution in [3.63, 3.8) is 0 Å². The van der Waals surface area contributed by atoms with E-state index >= 15 is 0 Å². The summed E-state index contributed by atoms with van der Waals surface area (Å²) in [6, 6.07) is 2.10. The zero-order chi connectivity index (χ0) is 11.7. The third kappa shape index (κ3) is 1.94. The maximum atomic E-state index is 10.4.